The maximum atomic E-state index is 11.2. The number of carbonyl (C=O) groups is 1. The predicted molar refractivity (Wildman–Crippen MR) is 89.8 cm³/mol. The van der Waals surface area contributed by atoms with Crippen molar-refractivity contribution in [3.63, 3.8) is 0 Å². The molecule has 1 aromatic carbocycles. The van der Waals surface area contributed by atoms with Crippen molar-refractivity contribution in [2.24, 2.45) is 0 Å². The van der Waals surface area contributed by atoms with E-state index in [0.29, 0.717) is 0 Å². The van der Waals surface area contributed by atoms with Crippen LogP contribution in [0.25, 0.3) is 0 Å². The quantitative estimate of drug-likeness (QED) is 0.845. The molecule has 0 spiro atoms. The Labute approximate surface area is 138 Å². The number of hydroxylamine groups is 2. The van der Waals surface area contributed by atoms with Crippen LogP contribution < -0.4 is 5.32 Å². The number of ether oxygens (including phenoxy) is 1. The molecule has 0 bridgehead atoms. The van der Waals surface area contributed by atoms with Gasteiger partial charge in [-0.3, -0.25) is 9.63 Å². The normalized spacial score (nSPS) is 21.6. The molecule has 1 heterocycles. The van der Waals surface area contributed by atoms with E-state index in [0.717, 1.165) is 18.7 Å². The number of hydrogen-bond donors (Lipinski definition) is 1. The Kier molecular flexibility index (Phi) is 5.45. The van der Waals surface area contributed by atoms with Gasteiger partial charge in [0.15, 0.2) is 0 Å². The van der Waals surface area contributed by atoms with E-state index in [1.54, 1.807) is 0 Å². The molecule has 128 valence electrons. The van der Waals surface area contributed by atoms with E-state index >= 15 is 0 Å². The first-order chi connectivity index (χ1) is 10.7. The van der Waals surface area contributed by atoms with Crippen LogP contribution in [-0.2, 0) is 14.4 Å². The van der Waals surface area contributed by atoms with Gasteiger partial charge in [0.1, 0.15) is 12.7 Å². The van der Waals surface area contributed by atoms with Gasteiger partial charge in [-0.1, -0.05) is 30.3 Å². The van der Waals surface area contributed by atoms with Crippen LogP contribution in [0.5, 0.6) is 0 Å². The van der Waals surface area contributed by atoms with E-state index in [4.69, 9.17) is 9.57 Å². The monoisotopic (exact) mass is 320 g/mol. The van der Waals surface area contributed by atoms with Crippen LogP contribution in [0.1, 0.15) is 46.3 Å². The molecule has 0 saturated carbocycles. The lowest BCUT2D eigenvalue weighted by atomic mass is 9.92. The highest BCUT2D eigenvalue weighted by Crippen LogP contribution is 2.33. The first-order valence-corrected chi connectivity index (χ1v) is 8.08. The van der Waals surface area contributed by atoms with Gasteiger partial charge in [-0.2, -0.15) is 5.06 Å². The second-order valence-electron chi connectivity index (χ2n) is 7.33. The van der Waals surface area contributed by atoms with Crippen molar-refractivity contribution in [1.82, 2.24) is 10.4 Å². The van der Waals surface area contributed by atoms with E-state index in [1.807, 2.05) is 30.3 Å². The molecule has 0 aromatic heterocycles. The Morgan fingerprint density at radius 1 is 1.17 bits per heavy atom. The smallest absolute Gasteiger partial charge is 0.302 e. The molecule has 1 saturated heterocycles. The predicted octanol–water partition coefficient (Wildman–Crippen LogP) is 2.68. The van der Waals surface area contributed by atoms with Crippen LogP contribution in [0, 0.1) is 0 Å². The van der Waals surface area contributed by atoms with E-state index in [9.17, 15) is 4.79 Å². The van der Waals surface area contributed by atoms with Crippen LogP contribution >= 0.6 is 0 Å². The Morgan fingerprint density at radius 3 is 2.26 bits per heavy atom. The minimum absolute atomic E-state index is 0.162. The zero-order chi connectivity index (χ0) is 17.1. The van der Waals surface area contributed by atoms with Crippen molar-refractivity contribution in [2.75, 3.05) is 19.7 Å². The number of esters is 1. The number of piperazine rings is 1. The van der Waals surface area contributed by atoms with Gasteiger partial charge in [0.25, 0.3) is 0 Å². The largest absolute Gasteiger partial charge is 0.463 e. The zero-order valence-corrected chi connectivity index (χ0v) is 14.8. The van der Waals surface area contributed by atoms with Gasteiger partial charge in [0.05, 0.1) is 11.1 Å². The van der Waals surface area contributed by atoms with Crippen LogP contribution in [0.15, 0.2) is 30.3 Å². The number of rotatable bonds is 5. The Bertz CT molecular complexity index is 512. The summed E-state index contributed by atoms with van der Waals surface area (Å²) >= 11 is 0. The molecule has 1 unspecified atom stereocenters. The Hall–Kier alpha value is -1.43. The van der Waals surface area contributed by atoms with Crippen molar-refractivity contribution in [3.8, 4) is 0 Å². The van der Waals surface area contributed by atoms with E-state index in [1.165, 1.54) is 6.92 Å². The summed E-state index contributed by atoms with van der Waals surface area (Å²) in [5, 5.41) is 5.50. The summed E-state index contributed by atoms with van der Waals surface area (Å²) in [6.45, 7) is 11.9. The van der Waals surface area contributed by atoms with Gasteiger partial charge in [-0.25, -0.2) is 0 Å². The number of nitrogens with one attached hydrogen (secondary N) is 1. The van der Waals surface area contributed by atoms with Gasteiger partial charge < -0.3 is 10.1 Å². The van der Waals surface area contributed by atoms with Crippen molar-refractivity contribution in [3.05, 3.63) is 35.9 Å². The zero-order valence-electron chi connectivity index (χ0n) is 14.8. The van der Waals surface area contributed by atoms with Crippen molar-refractivity contribution >= 4 is 5.97 Å². The molecule has 1 fully saturated rings. The average molecular weight is 320 g/mol. The van der Waals surface area contributed by atoms with Gasteiger partial charge in [-0.15, -0.1) is 0 Å². The second kappa shape index (κ2) is 6.99. The van der Waals surface area contributed by atoms with E-state index < -0.39 is 0 Å². The molecule has 2 rings (SSSR count). The summed E-state index contributed by atoms with van der Waals surface area (Å²) in [7, 11) is 0. The molecule has 5 heteroatoms. The van der Waals surface area contributed by atoms with Crippen LogP contribution in [0.2, 0.25) is 0 Å². The van der Waals surface area contributed by atoms with Crippen LogP contribution in [0.4, 0.5) is 0 Å². The fraction of sp³-hybridized carbons (Fsp3) is 0.611. The molecule has 0 amide bonds. The number of hydrogen-bond acceptors (Lipinski definition) is 5. The summed E-state index contributed by atoms with van der Waals surface area (Å²) in [4.78, 5) is 17.6. The van der Waals surface area contributed by atoms with Gasteiger partial charge in [-0.05, 0) is 33.3 Å². The fourth-order valence-electron chi connectivity index (χ4n) is 3.10. The SMILES string of the molecule is CC(=O)OCC(ON1C(C)(C)CNCC1(C)C)c1ccccc1. The van der Waals surface area contributed by atoms with E-state index in [2.05, 4.69) is 38.1 Å². The molecule has 1 aliphatic rings. The standard InChI is InChI=1S/C18H28N2O3/c1-14(21)22-11-16(15-9-7-6-8-10-15)23-20-17(2,3)12-19-13-18(20,4)5/h6-10,16,19H,11-13H2,1-5H3. The highest BCUT2D eigenvalue weighted by molar-refractivity contribution is 5.65. The van der Waals surface area contributed by atoms with Crippen molar-refractivity contribution < 1.29 is 14.4 Å². The minimum Gasteiger partial charge on any atom is -0.463 e. The molecular weight excluding hydrogens is 292 g/mol. The lowest BCUT2D eigenvalue weighted by Crippen LogP contribution is -2.67. The first kappa shape index (κ1) is 17.9. The summed E-state index contributed by atoms with van der Waals surface area (Å²) in [6, 6.07) is 9.89. The first-order valence-electron chi connectivity index (χ1n) is 8.08. The Balaban J connectivity index is 2.23. The number of nitrogens with zero attached hydrogens (tertiary/aromatic N) is 1. The van der Waals surface area contributed by atoms with Gasteiger partial charge in [0, 0.05) is 20.0 Å². The van der Waals surface area contributed by atoms with Crippen molar-refractivity contribution in [2.45, 2.75) is 51.8 Å². The summed E-state index contributed by atoms with van der Waals surface area (Å²) in [6.07, 6.45) is -0.322. The number of carbonyl (C=O) groups excluding carboxylic acids is 1. The highest BCUT2D eigenvalue weighted by atomic mass is 16.7. The van der Waals surface area contributed by atoms with E-state index in [-0.39, 0.29) is 29.8 Å². The van der Waals surface area contributed by atoms with Crippen molar-refractivity contribution in [1.29, 1.82) is 0 Å². The fourth-order valence-corrected chi connectivity index (χ4v) is 3.10. The topological polar surface area (TPSA) is 50.8 Å². The molecule has 23 heavy (non-hydrogen) atoms. The highest BCUT2D eigenvalue weighted by Gasteiger charge is 2.44. The van der Waals surface area contributed by atoms with Crippen LogP contribution in [-0.4, -0.2) is 41.8 Å². The molecule has 5 nitrogen and oxygen atoms in total. The third-order valence-corrected chi connectivity index (χ3v) is 4.06. The lowest BCUT2D eigenvalue weighted by Gasteiger charge is -2.52. The maximum absolute atomic E-state index is 11.2. The molecular formula is C18H28N2O3. The second-order valence-corrected chi connectivity index (χ2v) is 7.33. The molecule has 1 N–H and O–H groups in total. The third-order valence-electron chi connectivity index (χ3n) is 4.06. The summed E-state index contributed by atoms with van der Waals surface area (Å²) in [5.74, 6) is -0.298. The molecule has 1 aromatic rings. The molecule has 1 aliphatic heterocycles. The van der Waals surface area contributed by atoms with Gasteiger partial charge >= 0.3 is 5.97 Å². The molecule has 0 radical (unpaired) electrons. The minimum atomic E-state index is -0.322. The lowest BCUT2D eigenvalue weighted by molar-refractivity contribution is -0.306. The van der Waals surface area contributed by atoms with Gasteiger partial charge in [0.2, 0.25) is 0 Å². The summed E-state index contributed by atoms with van der Waals surface area (Å²) in [5.41, 5.74) is 0.676. The Morgan fingerprint density at radius 2 is 1.74 bits per heavy atom. The number of benzene rings is 1. The average Bonchev–Trinajstić information content (AvgIpc) is 2.46. The maximum Gasteiger partial charge on any atom is 0.302 e. The summed E-state index contributed by atoms with van der Waals surface area (Å²) < 4.78 is 5.23. The van der Waals surface area contributed by atoms with Crippen LogP contribution in [0.3, 0.4) is 0 Å². The molecule has 0 aliphatic carbocycles. The third kappa shape index (κ3) is 4.53. The molecule has 1 atom stereocenters.